The number of nitrogens with zero attached hydrogens (tertiary/aromatic N) is 2. The highest BCUT2D eigenvalue weighted by atomic mass is 16.5. The van der Waals surface area contributed by atoms with Crippen LogP contribution >= 0.6 is 0 Å². The highest BCUT2D eigenvalue weighted by Gasteiger charge is 2.05. The van der Waals surface area contributed by atoms with Gasteiger partial charge in [0.2, 0.25) is 0 Å². The molecule has 0 unspecified atom stereocenters. The molecule has 2 rings (SSSR count). The van der Waals surface area contributed by atoms with E-state index in [2.05, 4.69) is 15.3 Å². The van der Waals surface area contributed by atoms with Crippen LogP contribution in [-0.2, 0) is 6.54 Å². The van der Waals surface area contributed by atoms with Gasteiger partial charge in [0, 0.05) is 18.0 Å². The zero-order valence-corrected chi connectivity index (χ0v) is 10.9. The lowest BCUT2D eigenvalue weighted by Crippen LogP contribution is -2.04. The number of methoxy groups -OCH3 is 2. The molecule has 3 N–H and O–H groups in total. The molecule has 0 radical (unpaired) electrons. The highest BCUT2D eigenvalue weighted by Crippen LogP contribution is 2.30. The van der Waals surface area contributed by atoms with Crippen molar-refractivity contribution in [2.75, 3.05) is 19.5 Å². The van der Waals surface area contributed by atoms with Crippen LogP contribution < -0.4 is 20.5 Å². The van der Waals surface area contributed by atoms with Crippen LogP contribution in [0.1, 0.15) is 5.82 Å². The van der Waals surface area contributed by atoms with Crippen LogP contribution in [0.3, 0.4) is 0 Å². The van der Waals surface area contributed by atoms with Gasteiger partial charge in [-0.1, -0.05) is 0 Å². The van der Waals surface area contributed by atoms with Crippen molar-refractivity contribution in [1.82, 2.24) is 9.97 Å². The molecule has 6 heteroatoms. The lowest BCUT2D eigenvalue weighted by molar-refractivity contribution is 0.355. The normalized spacial score (nSPS) is 10.1. The molecule has 100 valence electrons. The summed E-state index contributed by atoms with van der Waals surface area (Å²) in [5.74, 6) is 2.60. The smallest absolute Gasteiger partial charge is 0.162 e. The third kappa shape index (κ3) is 3.11. The molecule has 1 aromatic carbocycles. The predicted octanol–water partition coefficient (Wildman–Crippen LogP) is 1.70. The Balaban J connectivity index is 2.22. The van der Waals surface area contributed by atoms with E-state index in [1.807, 2.05) is 18.2 Å². The summed E-state index contributed by atoms with van der Waals surface area (Å²) in [6.45, 7) is 0.307. The summed E-state index contributed by atoms with van der Waals surface area (Å²) in [6, 6.07) is 7.32. The van der Waals surface area contributed by atoms with E-state index in [1.165, 1.54) is 0 Å². The number of benzene rings is 1. The van der Waals surface area contributed by atoms with Gasteiger partial charge in [-0.2, -0.15) is 0 Å². The lowest BCUT2D eigenvalue weighted by atomic mass is 10.2. The van der Waals surface area contributed by atoms with Crippen molar-refractivity contribution in [2.45, 2.75) is 6.54 Å². The average Bonchev–Trinajstić information content (AvgIpc) is 2.47. The minimum Gasteiger partial charge on any atom is -0.493 e. The van der Waals surface area contributed by atoms with Gasteiger partial charge in [-0.15, -0.1) is 0 Å². The third-order valence-electron chi connectivity index (χ3n) is 2.54. The highest BCUT2D eigenvalue weighted by molar-refractivity contribution is 5.61. The van der Waals surface area contributed by atoms with E-state index in [9.17, 15) is 0 Å². The summed E-state index contributed by atoms with van der Waals surface area (Å²) in [6.07, 6.45) is 1.66. The van der Waals surface area contributed by atoms with E-state index >= 15 is 0 Å². The van der Waals surface area contributed by atoms with Crippen molar-refractivity contribution in [3.05, 3.63) is 36.3 Å². The Morgan fingerprint density at radius 2 is 1.95 bits per heavy atom. The molecule has 0 saturated heterocycles. The Hall–Kier alpha value is -2.34. The SMILES string of the molecule is COc1ccc(Nc2ccnc(CN)n2)cc1OC. The van der Waals surface area contributed by atoms with Crippen LogP contribution in [0, 0.1) is 0 Å². The minimum atomic E-state index is 0.307. The van der Waals surface area contributed by atoms with Crippen molar-refractivity contribution in [1.29, 1.82) is 0 Å². The zero-order valence-electron chi connectivity index (χ0n) is 10.9. The maximum atomic E-state index is 5.51. The topological polar surface area (TPSA) is 82.3 Å². The second-order valence-electron chi connectivity index (χ2n) is 3.76. The molecule has 0 spiro atoms. The molecular weight excluding hydrogens is 244 g/mol. The van der Waals surface area contributed by atoms with Crippen molar-refractivity contribution in [3.8, 4) is 11.5 Å². The standard InChI is InChI=1S/C13H16N4O2/c1-18-10-4-3-9(7-11(10)19-2)16-12-5-6-15-13(8-14)17-12/h3-7H,8,14H2,1-2H3,(H,15,16,17). The Bertz CT molecular complexity index is 560. The summed E-state index contributed by atoms with van der Waals surface area (Å²) >= 11 is 0. The van der Waals surface area contributed by atoms with Crippen molar-refractivity contribution in [2.24, 2.45) is 5.73 Å². The first kappa shape index (κ1) is 13.1. The number of anilines is 2. The van der Waals surface area contributed by atoms with Gasteiger partial charge in [0.25, 0.3) is 0 Å². The van der Waals surface area contributed by atoms with E-state index in [0.717, 1.165) is 5.69 Å². The lowest BCUT2D eigenvalue weighted by Gasteiger charge is -2.11. The second kappa shape index (κ2) is 6.01. The molecule has 0 aliphatic carbocycles. The van der Waals surface area contributed by atoms with Crippen LogP contribution in [0.15, 0.2) is 30.5 Å². The average molecular weight is 260 g/mol. The fourth-order valence-electron chi connectivity index (χ4n) is 1.63. The van der Waals surface area contributed by atoms with Gasteiger partial charge in [-0.25, -0.2) is 9.97 Å². The van der Waals surface area contributed by atoms with Gasteiger partial charge < -0.3 is 20.5 Å². The summed E-state index contributed by atoms with van der Waals surface area (Å²) < 4.78 is 10.4. The van der Waals surface area contributed by atoms with Gasteiger partial charge in [0.15, 0.2) is 11.5 Å². The maximum absolute atomic E-state index is 5.51. The summed E-state index contributed by atoms with van der Waals surface area (Å²) in [5, 5.41) is 3.16. The Kier molecular flexibility index (Phi) is 4.15. The number of nitrogens with one attached hydrogen (secondary N) is 1. The Labute approximate surface area is 111 Å². The number of ether oxygens (including phenoxy) is 2. The van der Waals surface area contributed by atoms with Gasteiger partial charge in [-0.05, 0) is 18.2 Å². The molecule has 6 nitrogen and oxygen atoms in total. The Morgan fingerprint density at radius 1 is 1.16 bits per heavy atom. The molecule has 0 saturated carbocycles. The van der Waals surface area contributed by atoms with Gasteiger partial charge in [0.05, 0.1) is 20.8 Å². The molecule has 0 aliphatic heterocycles. The van der Waals surface area contributed by atoms with Crippen molar-refractivity contribution in [3.63, 3.8) is 0 Å². The van der Waals surface area contributed by atoms with Crippen molar-refractivity contribution < 1.29 is 9.47 Å². The molecule has 1 heterocycles. The molecule has 0 bridgehead atoms. The molecule has 0 aliphatic rings. The monoisotopic (exact) mass is 260 g/mol. The fraction of sp³-hybridized carbons (Fsp3) is 0.231. The number of aromatic nitrogens is 2. The third-order valence-corrected chi connectivity index (χ3v) is 2.54. The van der Waals surface area contributed by atoms with E-state index in [1.54, 1.807) is 26.5 Å². The van der Waals surface area contributed by atoms with Crippen LogP contribution in [-0.4, -0.2) is 24.2 Å². The van der Waals surface area contributed by atoms with Gasteiger partial charge in [-0.3, -0.25) is 0 Å². The second-order valence-corrected chi connectivity index (χ2v) is 3.76. The van der Waals surface area contributed by atoms with Crippen LogP contribution in [0.2, 0.25) is 0 Å². The number of nitrogens with two attached hydrogens (primary N) is 1. The molecule has 1 aromatic heterocycles. The quantitative estimate of drug-likeness (QED) is 0.851. The predicted molar refractivity (Wildman–Crippen MR) is 72.8 cm³/mol. The zero-order chi connectivity index (χ0) is 13.7. The van der Waals surface area contributed by atoms with E-state index in [4.69, 9.17) is 15.2 Å². The van der Waals surface area contributed by atoms with Gasteiger partial charge >= 0.3 is 0 Å². The summed E-state index contributed by atoms with van der Waals surface area (Å²) in [5.41, 5.74) is 6.35. The van der Waals surface area contributed by atoms with Crippen LogP contribution in [0.5, 0.6) is 11.5 Å². The van der Waals surface area contributed by atoms with Crippen LogP contribution in [0.4, 0.5) is 11.5 Å². The van der Waals surface area contributed by atoms with E-state index in [-0.39, 0.29) is 0 Å². The summed E-state index contributed by atoms with van der Waals surface area (Å²) in [4.78, 5) is 8.31. The molecule has 0 fully saturated rings. The van der Waals surface area contributed by atoms with Crippen molar-refractivity contribution >= 4 is 11.5 Å². The first-order valence-electron chi connectivity index (χ1n) is 5.78. The largest absolute Gasteiger partial charge is 0.493 e. The van der Waals surface area contributed by atoms with E-state index in [0.29, 0.717) is 29.7 Å². The first-order chi connectivity index (χ1) is 9.26. The molecule has 0 atom stereocenters. The Morgan fingerprint density at radius 3 is 2.63 bits per heavy atom. The van der Waals surface area contributed by atoms with Crippen LogP contribution in [0.25, 0.3) is 0 Å². The van der Waals surface area contributed by atoms with Gasteiger partial charge in [0.1, 0.15) is 11.6 Å². The first-order valence-corrected chi connectivity index (χ1v) is 5.78. The minimum absolute atomic E-state index is 0.307. The molecule has 19 heavy (non-hydrogen) atoms. The number of rotatable bonds is 5. The number of hydrogen-bond donors (Lipinski definition) is 2. The molecule has 0 amide bonds. The molecular formula is C13H16N4O2. The number of hydrogen-bond acceptors (Lipinski definition) is 6. The van der Waals surface area contributed by atoms with E-state index < -0.39 is 0 Å². The summed E-state index contributed by atoms with van der Waals surface area (Å²) in [7, 11) is 3.20. The maximum Gasteiger partial charge on any atom is 0.162 e. The molecule has 2 aromatic rings. The fourth-order valence-corrected chi connectivity index (χ4v) is 1.63.